The van der Waals surface area contributed by atoms with Gasteiger partial charge in [0.25, 0.3) is 0 Å². The molecule has 3 heterocycles. The van der Waals surface area contributed by atoms with Gasteiger partial charge >= 0.3 is 0 Å². The van der Waals surface area contributed by atoms with Crippen LogP contribution in [0.25, 0.3) is 11.3 Å². The van der Waals surface area contributed by atoms with Crippen LogP contribution in [0.4, 0.5) is 17.3 Å². The van der Waals surface area contributed by atoms with E-state index >= 15 is 0 Å². The van der Waals surface area contributed by atoms with E-state index in [4.69, 9.17) is 9.72 Å². The third-order valence-electron chi connectivity index (χ3n) is 6.32. The van der Waals surface area contributed by atoms with E-state index in [1.54, 1.807) is 6.20 Å². The lowest BCUT2D eigenvalue weighted by molar-refractivity contribution is -0.119. The number of rotatable bonds is 2. The molecule has 6 bridgehead atoms. The van der Waals surface area contributed by atoms with Gasteiger partial charge in [0.2, 0.25) is 11.9 Å². The lowest BCUT2D eigenvalue weighted by Gasteiger charge is -2.18. The van der Waals surface area contributed by atoms with Crippen molar-refractivity contribution in [2.24, 2.45) is 5.92 Å². The molecule has 0 aliphatic carbocycles. The van der Waals surface area contributed by atoms with Gasteiger partial charge in [-0.3, -0.25) is 9.69 Å². The molecule has 1 amide bonds. The van der Waals surface area contributed by atoms with E-state index in [0.29, 0.717) is 12.6 Å². The van der Waals surface area contributed by atoms with Gasteiger partial charge in [-0.1, -0.05) is 24.3 Å². The first-order valence-corrected chi connectivity index (χ1v) is 12.4. The number of aromatic nitrogens is 2. The number of hydrogen-bond acceptors (Lipinski definition) is 7. The first-order chi connectivity index (χ1) is 17.6. The van der Waals surface area contributed by atoms with Gasteiger partial charge in [0, 0.05) is 42.8 Å². The minimum Gasteiger partial charge on any atom is -0.493 e. The number of nitrogens with zero attached hydrogens (tertiary/aromatic N) is 3. The fourth-order valence-electron chi connectivity index (χ4n) is 4.50. The van der Waals surface area contributed by atoms with Gasteiger partial charge in [-0.05, 0) is 68.4 Å². The Balaban J connectivity index is 1.46. The number of benzene rings is 2. The summed E-state index contributed by atoms with van der Waals surface area (Å²) in [5.41, 5.74) is 4.45. The van der Waals surface area contributed by atoms with Crippen molar-refractivity contribution >= 4 is 23.2 Å². The van der Waals surface area contributed by atoms with Crippen LogP contribution in [-0.4, -0.2) is 54.1 Å². The minimum atomic E-state index is -0.00352. The summed E-state index contributed by atoms with van der Waals surface area (Å²) in [5.74, 6) is 1.36. The SMILES string of the molecule is CN1C/C=C/CCOc2cccc(c2)-c2ccnc(n2)Nc2cc(cc(NC(=O)C3CCNC3)c2)C1. The standard InChI is InChI=1S/C28H32N6O2/c1-34-12-3-2-4-13-36-25-7-5-6-21(16-25)26-9-11-30-28(33-26)32-24-15-20(19-34)14-23(17-24)31-27(35)22-8-10-29-18-22/h2-3,5-7,9,11,14-17,22,29H,4,8,10,12-13,18-19H2,1H3,(H,31,35)(H,30,32,33)/b3-2+. The van der Waals surface area contributed by atoms with Crippen molar-refractivity contribution < 1.29 is 9.53 Å². The molecule has 8 heteroatoms. The van der Waals surface area contributed by atoms with E-state index in [2.05, 4.69) is 51.1 Å². The number of nitrogens with one attached hydrogen (secondary N) is 3. The molecule has 2 aromatic carbocycles. The van der Waals surface area contributed by atoms with Crippen molar-refractivity contribution in [1.82, 2.24) is 20.2 Å². The molecule has 2 aliphatic rings. The Hall–Kier alpha value is -3.75. The molecule has 0 spiro atoms. The summed E-state index contributed by atoms with van der Waals surface area (Å²) in [6, 6.07) is 15.9. The van der Waals surface area contributed by atoms with Crippen LogP contribution in [-0.2, 0) is 11.3 Å². The van der Waals surface area contributed by atoms with Gasteiger partial charge in [-0.15, -0.1) is 0 Å². The second-order valence-corrected chi connectivity index (χ2v) is 9.32. The Morgan fingerprint density at radius 2 is 2.11 bits per heavy atom. The van der Waals surface area contributed by atoms with Gasteiger partial charge in [0.05, 0.1) is 18.2 Å². The second-order valence-electron chi connectivity index (χ2n) is 9.32. The number of carbonyl (C=O) groups is 1. The lowest BCUT2D eigenvalue weighted by atomic mass is 10.1. The number of anilines is 3. The van der Waals surface area contributed by atoms with Crippen LogP contribution < -0.4 is 20.7 Å². The first-order valence-electron chi connectivity index (χ1n) is 12.4. The molecule has 0 saturated carbocycles. The van der Waals surface area contributed by atoms with E-state index in [-0.39, 0.29) is 11.8 Å². The summed E-state index contributed by atoms with van der Waals surface area (Å²) < 4.78 is 5.94. The van der Waals surface area contributed by atoms with Crippen LogP contribution in [0.3, 0.4) is 0 Å². The number of carbonyl (C=O) groups excluding carboxylic acids is 1. The summed E-state index contributed by atoms with van der Waals surface area (Å²) in [6.07, 6.45) is 7.76. The number of amides is 1. The maximum atomic E-state index is 12.8. The zero-order valence-corrected chi connectivity index (χ0v) is 20.5. The fraction of sp³-hybridized carbons (Fsp3) is 0.321. The van der Waals surface area contributed by atoms with Crippen molar-refractivity contribution in [1.29, 1.82) is 0 Å². The molecule has 36 heavy (non-hydrogen) atoms. The molecule has 1 saturated heterocycles. The second kappa shape index (κ2) is 11.3. The number of hydrogen-bond donors (Lipinski definition) is 3. The highest BCUT2D eigenvalue weighted by Crippen LogP contribution is 2.26. The zero-order chi connectivity index (χ0) is 24.7. The smallest absolute Gasteiger partial charge is 0.228 e. The van der Waals surface area contributed by atoms with E-state index < -0.39 is 0 Å². The molecule has 1 atom stereocenters. The third-order valence-corrected chi connectivity index (χ3v) is 6.32. The Labute approximate surface area is 211 Å². The quantitative estimate of drug-likeness (QED) is 0.470. The predicted molar refractivity (Wildman–Crippen MR) is 142 cm³/mol. The van der Waals surface area contributed by atoms with E-state index in [9.17, 15) is 4.79 Å². The topological polar surface area (TPSA) is 91.4 Å². The zero-order valence-electron chi connectivity index (χ0n) is 20.5. The third kappa shape index (κ3) is 6.27. The first kappa shape index (κ1) is 24.0. The van der Waals surface area contributed by atoms with E-state index in [1.165, 1.54) is 0 Å². The Morgan fingerprint density at radius 3 is 3.00 bits per heavy atom. The largest absolute Gasteiger partial charge is 0.493 e. The van der Waals surface area contributed by atoms with E-state index in [0.717, 1.165) is 73.0 Å². The minimum absolute atomic E-state index is 0.00352. The Morgan fingerprint density at radius 1 is 1.17 bits per heavy atom. The van der Waals surface area contributed by atoms with Gasteiger partial charge in [0.1, 0.15) is 5.75 Å². The molecule has 1 fully saturated rings. The van der Waals surface area contributed by atoms with Gasteiger partial charge < -0.3 is 20.7 Å². The summed E-state index contributed by atoms with van der Waals surface area (Å²) >= 11 is 0. The number of fused-ring (bicyclic) bond motifs is 7. The Kier molecular flexibility index (Phi) is 7.54. The van der Waals surface area contributed by atoms with Crippen molar-refractivity contribution in [3.8, 4) is 17.0 Å². The Bertz CT molecular complexity index is 1240. The molecular weight excluding hydrogens is 452 g/mol. The summed E-state index contributed by atoms with van der Waals surface area (Å²) in [5, 5.41) is 9.73. The highest BCUT2D eigenvalue weighted by Gasteiger charge is 2.22. The molecule has 5 rings (SSSR count). The van der Waals surface area contributed by atoms with Crippen molar-refractivity contribution in [3.63, 3.8) is 0 Å². The van der Waals surface area contributed by atoms with Crippen LogP contribution in [0.5, 0.6) is 5.75 Å². The maximum absolute atomic E-state index is 12.8. The van der Waals surface area contributed by atoms with Crippen LogP contribution in [0.15, 0.2) is 66.9 Å². The van der Waals surface area contributed by atoms with Gasteiger partial charge in [-0.25, -0.2) is 9.97 Å². The summed E-state index contributed by atoms with van der Waals surface area (Å²) in [7, 11) is 2.08. The molecule has 3 N–H and O–H groups in total. The molecular formula is C28H32N6O2. The number of ether oxygens (including phenoxy) is 1. The van der Waals surface area contributed by atoms with Gasteiger partial charge in [0.15, 0.2) is 0 Å². The maximum Gasteiger partial charge on any atom is 0.228 e. The summed E-state index contributed by atoms with van der Waals surface area (Å²) in [4.78, 5) is 24.2. The monoisotopic (exact) mass is 484 g/mol. The van der Waals surface area contributed by atoms with Crippen LogP contribution in [0, 0.1) is 5.92 Å². The van der Waals surface area contributed by atoms with Crippen molar-refractivity contribution in [3.05, 3.63) is 72.4 Å². The molecule has 1 aromatic heterocycles. The van der Waals surface area contributed by atoms with Crippen molar-refractivity contribution in [2.75, 3.05) is 43.9 Å². The van der Waals surface area contributed by atoms with Gasteiger partial charge in [-0.2, -0.15) is 0 Å². The molecule has 3 aromatic rings. The molecule has 1 unspecified atom stereocenters. The summed E-state index contributed by atoms with van der Waals surface area (Å²) in [6.45, 7) is 3.76. The lowest BCUT2D eigenvalue weighted by Crippen LogP contribution is -2.25. The highest BCUT2D eigenvalue weighted by molar-refractivity contribution is 5.93. The average molecular weight is 485 g/mol. The molecule has 0 radical (unpaired) electrons. The molecule has 2 aliphatic heterocycles. The van der Waals surface area contributed by atoms with E-state index in [1.807, 2.05) is 42.5 Å². The molecule has 186 valence electrons. The van der Waals surface area contributed by atoms with Crippen LogP contribution >= 0.6 is 0 Å². The fourth-order valence-corrected chi connectivity index (χ4v) is 4.50. The number of likely N-dealkylation sites (N-methyl/N-ethyl adjacent to an activating group) is 1. The molecule has 8 nitrogen and oxygen atoms in total. The van der Waals surface area contributed by atoms with Crippen molar-refractivity contribution in [2.45, 2.75) is 19.4 Å². The average Bonchev–Trinajstić information content (AvgIpc) is 3.41. The highest BCUT2D eigenvalue weighted by atomic mass is 16.5. The van der Waals surface area contributed by atoms with Crippen LogP contribution in [0.2, 0.25) is 0 Å². The predicted octanol–water partition coefficient (Wildman–Crippen LogP) is 4.21. The van der Waals surface area contributed by atoms with Crippen LogP contribution in [0.1, 0.15) is 18.4 Å². The normalized spacial score (nSPS) is 19.3.